The highest BCUT2D eigenvalue weighted by atomic mass is 16.6. The minimum Gasteiger partial charge on any atom is -0.378 e. The van der Waals surface area contributed by atoms with Crippen molar-refractivity contribution in [3.63, 3.8) is 0 Å². The van der Waals surface area contributed by atoms with Gasteiger partial charge in [0.1, 0.15) is 5.69 Å². The van der Waals surface area contributed by atoms with Crippen LogP contribution in [0.1, 0.15) is 16.8 Å². The molecule has 104 valence electrons. The third kappa shape index (κ3) is 2.82. The van der Waals surface area contributed by atoms with E-state index in [-0.39, 0.29) is 23.1 Å². The molecule has 0 unspecified atom stereocenters. The number of nitrogen functional groups attached to an aromatic ring is 2. The van der Waals surface area contributed by atoms with E-state index in [1.807, 2.05) is 31.2 Å². The lowest BCUT2D eigenvalue weighted by Crippen LogP contribution is -2.09. The lowest BCUT2D eigenvalue weighted by atomic mass is 10.0. The van der Waals surface area contributed by atoms with Crippen LogP contribution in [-0.2, 0) is 12.8 Å². The molecular formula is C13H15N5O2. The first-order chi connectivity index (χ1) is 9.49. The molecule has 1 heterocycles. The minimum atomic E-state index is -0.568. The second-order valence-corrected chi connectivity index (χ2v) is 4.45. The average molecular weight is 273 g/mol. The van der Waals surface area contributed by atoms with Gasteiger partial charge in [-0.2, -0.15) is 4.98 Å². The monoisotopic (exact) mass is 273 g/mol. The summed E-state index contributed by atoms with van der Waals surface area (Å²) in [7, 11) is 0. The van der Waals surface area contributed by atoms with Crippen molar-refractivity contribution in [2.45, 2.75) is 19.8 Å². The number of hydrogen-bond donors (Lipinski definition) is 2. The Kier molecular flexibility index (Phi) is 3.79. The fourth-order valence-corrected chi connectivity index (χ4v) is 2.06. The van der Waals surface area contributed by atoms with Gasteiger partial charge in [-0.1, -0.05) is 24.3 Å². The number of anilines is 2. The number of benzene rings is 1. The quantitative estimate of drug-likeness (QED) is 0.645. The molecule has 0 saturated heterocycles. The van der Waals surface area contributed by atoms with E-state index in [1.54, 1.807) is 0 Å². The van der Waals surface area contributed by atoms with Crippen LogP contribution in [0.3, 0.4) is 0 Å². The number of nitro groups is 1. The summed E-state index contributed by atoms with van der Waals surface area (Å²) in [5.41, 5.74) is 13.3. The van der Waals surface area contributed by atoms with E-state index in [2.05, 4.69) is 9.97 Å². The van der Waals surface area contributed by atoms with Crippen molar-refractivity contribution < 1.29 is 4.92 Å². The molecule has 4 N–H and O–H groups in total. The van der Waals surface area contributed by atoms with Crippen LogP contribution in [0.2, 0.25) is 0 Å². The van der Waals surface area contributed by atoms with E-state index in [0.717, 1.165) is 11.1 Å². The van der Waals surface area contributed by atoms with E-state index >= 15 is 0 Å². The van der Waals surface area contributed by atoms with Gasteiger partial charge in [0, 0.05) is 6.42 Å². The van der Waals surface area contributed by atoms with Crippen LogP contribution >= 0.6 is 0 Å². The molecule has 0 spiro atoms. The lowest BCUT2D eigenvalue weighted by Gasteiger charge is -2.07. The molecule has 1 aromatic heterocycles. The summed E-state index contributed by atoms with van der Waals surface area (Å²) in [4.78, 5) is 18.0. The van der Waals surface area contributed by atoms with Crippen molar-refractivity contribution in [1.82, 2.24) is 9.97 Å². The molecule has 0 aliphatic rings. The predicted molar refractivity (Wildman–Crippen MR) is 76.1 cm³/mol. The smallest absolute Gasteiger partial charge is 0.332 e. The molecule has 1 aromatic carbocycles. The van der Waals surface area contributed by atoms with Gasteiger partial charge in [-0.05, 0) is 24.5 Å². The summed E-state index contributed by atoms with van der Waals surface area (Å²) in [6.45, 7) is 1.99. The predicted octanol–water partition coefficient (Wildman–Crippen LogP) is 1.64. The van der Waals surface area contributed by atoms with E-state index in [0.29, 0.717) is 12.8 Å². The highest BCUT2D eigenvalue weighted by Crippen LogP contribution is 2.25. The van der Waals surface area contributed by atoms with E-state index in [9.17, 15) is 10.1 Å². The second-order valence-electron chi connectivity index (χ2n) is 4.45. The van der Waals surface area contributed by atoms with Gasteiger partial charge in [-0.15, -0.1) is 0 Å². The van der Waals surface area contributed by atoms with Crippen molar-refractivity contribution >= 4 is 17.5 Å². The van der Waals surface area contributed by atoms with Crippen molar-refractivity contribution in [3.8, 4) is 0 Å². The molecule has 2 rings (SSSR count). The molecule has 0 atom stereocenters. The van der Waals surface area contributed by atoms with Crippen LogP contribution in [0.4, 0.5) is 17.5 Å². The highest BCUT2D eigenvalue weighted by Gasteiger charge is 2.22. The molecule has 0 bridgehead atoms. The van der Waals surface area contributed by atoms with Gasteiger partial charge in [0.05, 0.1) is 4.92 Å². The normalized spacial score (nSPS) is 10.4. The molecular weight excluding hydrogens is 258 g/mol. The maximum Gasteiger partial charge on any atom is 0.332 e. The Hall–Kier alpha value is -2.70. The average Bonchev–Trinajstić information content (AvgIpc) is 2.36. The summed E-state index contributed by atoms with van der Waals surface area (Å²) in [6.07, 6.45) is 1.02. The number of aromatic nitrogens is 2. The Morgan fingerprint density at radius 1 is 1.20 bits per heavy atom. The van der Waals surface area contributed by atoms with Crippen molar-refractivity contribution in [2.24, 2.45) is 0 Å². The van der Waals surface area contributed by atoms with Gasteiger partial charge in [0.15, 0.2) is 0 Å². The van der Waals surface area contributed by atoms with Gasteiger partial charge in [-0.25, -0.2) is 4.98 Å². The molecule has 0 radical (unpaired) electrons. The Bertz CT molecular complexity index is 657. The van der Waals surface area contributed by atoms with Crippen LogP contribution in [0.5, 0.6) is 0 Å². The Balaban J connectivity index is 2.30. The first-order valence-corrected chi connectivity index (χ1v) is 6.09. The van der Waals surface area contributed by atoms with Crippen molar-refractivity contribution in [3.05, 3.63) is 51.2 Å². The molecule has 7 nitrogen and oxygen atoms in total. The number of nitrogens with two attached hydrogens (primary N) is 2. The maximum atomic E-state index is 11.0. The Morgan fingerprint density at radius 2 is 1.90 bits per heavy atom. The largest absolute Gasteiger partial charge is 0.378 e. The molecule has 7 heteroatoms. The minimum absolute atomic E-state index is 0.0483. The standard InChI is InChI=1S/C13H15N5O2/c1-8-4-2-3-5-9(8)6-7-10-11(18(19)20)12(14)17-13(15)16-10/h2-5H,6-7H2,1H3,(H4,14,15,16,17). The fraction of sp³-hybridized carbons (Fsp3) is 0.231. The topological polar surface area (TPSA) is 121 Å². The second kappa shape index (κ2) is 5.52. The van der Waals surface area contributed by atoms with Crippen molar-refractivity contribution in [1.29, 1.82) is 0 Å². The number of nitrogens with zero attached hydrogens (tertiary/aromatic N) is 3. The van der Waals surface area contributed by atoms with Crippen LogP contribution in [0, 0.1) is 17.0 Å². The fourth-order valence-electron chi connectivity index (χ4n) is 2.06. The number of hydrogen-bond acceptors (Lipinski definition) is 6. The molecule has 0 amide bonds. The Morgan fingerprint density at radius 3 is 2.55 bits per heavy atom. The molecule has 0 fully saturated rings. The van der Waals surface area contributed by atoms with Crippen LogP contribution in [0.15, 0.2) is 24.3 Å². The third-order valence-corrected chi connectivity index (χ3v) is 3.08. The van der Waals surface area contributed by atoms with Gasteiger partial charge in [0.2, 0.25) is 11.8 Å². The summed E-state index contributed by atoms with van der Waals surface area (Å²) in [6, 6.07) is 7.85. The summed E-state index contributed by atoms with van der Waals surface area (Å²) >= 11 is 0. The van der Waals surface area contributed by atoms with Gasteiger partial charge in [0.25, 0.3) is 0 Å². The number of aryl methyl sites for hydroxylation is 3. The number of rotatable bonds is 4. The van der Waals surface area contributed by atoms with E-state index < -0.39 is 4.92 Å². The van der Waals surface area contributed by atoms with Gasteiger partial charge in [-0.3, -0.25) is 10.1 Å². The van der Waals surface area contributed by atoms with Crippen LogP contribution in [0.25, 0.3) is 0 Å². The molecule has 2 aromatic rings. The van der Waals surface area contributed by atoms with Crippen molar-refractivity contribution in [2.75, 3.05) is 11.5 Å². The maximum absolute atomic E-state index is 11.0. The van der Waals surface area contributed by atoms with Crippen LogP contribution < -0.4 is 11.5 Å². The van der Waals surface area contributed by atoms with Gasteiger partial charge >= 0.3 is 5.69 Å². The van der Waals surface area contributed by atoms with E-state index in [4.69, 9.17) is 11.5 Å². The molecule has 20 heavy (non-hydrogen) atoms. The zero-order valence-electron chi connectivity index (χ0n) is 11.0. The molecule has 0 saturated carbocycles. The first-order valence-electron chi connectivity index (χ1n) is 6.09. The van der Waals surface area contributed by atoms with Gasteiger partial charge < -0.3 is 11.5 Å². The highest BCUT2D eigenvalue weighted by molar-refractivity contribution is 5.57. The lowest BCUT2D eigenvalue weighted by molar-refractivity contribution is -0.385. The first kappa shape index (κ1) is 13.7. The molecule has 0 aliphatic heterocycles. The summed E-state index contributed by atoms with van der Waals surface area (Å²) in [5.74, 6) is -0.241. The zero-order chi connectivity index (χ0) is 14.7. The summed E-state index contributed by atoms with van der Waals surface area (Å²) < 4.78 is 0. The third-order valence-electron chi connectivity index (χ3n) is 3.08. The Labute approximate surface area is 115 Å². The van der Waals surface area contributed by atoms with Crippen LogP contribution in [-0.4, -0.2) is 14.9 Å². The molecule has 0 aliphatic carbocycles. The zero-order valence-corrected chi connectivity index (χ0v) is 11.0. The summed E-state index contributed by atoms with van der Waals surface area (Å²) in [5, 5.41) is 11.0. The SMILES string of the molecule is Cc1ccccc1CCc1nc(N)nc(N)c1[N+](=O)[O-]. The van der Waals surface area contributed by atoms with E-state index in [1.165, 1.54) is 0 Å².